The number of carbonyl (C=O) groups is 1. The van der Waals surface area contributed by atoms with Gasteiger partial charge in [0.2, 0.25) is 0 Å². The van der Waals surface area contributed by atoms with E-state index in [2.05, 4.69) is 46.6 Å². The van der Waals surface area contributed by atoms with Crippen LogP contribution in [0.25, 0.3) is 5.57 Å². The Labute approximate surface area is 213 Å². The van der Waals surface area contributed by atoms with E-state index in [-0.39, 0.29) is 6.10 Å². The summed E-state index contributed by atoms with van der Waals surface area (Å²) in [6.45, 7) is 8.40. The number of hydrogen-bond donors (Lipinski definition) is 1. The van der Waals surface area contributed by atoms with E-state index in [0.29, 0.717) is 17.1 Å². The summed E-state index contributed by atoms with van der Waals surface area (Å²) < 4.78 is 11.2. The van der Waals surface area contributed by atoms with Gasteiger partial charge >= 0.3 is 6.09 Å². The molecule has 1 aliphatic heterocycles. The van der Waals surface area contributed by atoms with E-state index >= 15 is 0 Å². The third-order valence-electron chi connectivity index (χ3n) is 7.45. The fraction of sp³-hybridized carbons (Fsp3) is 0.400. The van der Waals surface area contributed by atoms with Crippen molar-refractivity contribution in [3.8, 4) is 0 Å². The molecule has 1 aromatic heterocycles. The molecule has 2 unspecified atom stereocenters. The number of aryl methyl sites for hydroxylation is 1. The Morgan fingerprint density at radius 3 is 2.39 bits per heavy atom. The van der Waals surface area contributed by atoms with Crippen LogP contribution in [0.4, 0.5) is 10.5 Å². The Balaban J connectivity index is 1.26. The number of aromatic nitrogens is 1. The fourth-order valence-electron chi connectivity index (χ4n) is 5.27. The van der Waals surface area contributed by atoms with Gasteiger partial charge in [0.05, 0.1) is 0 Å². The van der Waals surface area contributed by atoms with E-state index in [4.69, 9.17) is 9.26 Å². The van der Waals surface area contributed by atoms with Crippen LogP contribution in [-0.2, 0) is 4.74 Å². The Morgan fingerprint density at radius 1 is 1.06 bits per heavy atom. The quantitative estimate of drug-likeness (QED) is 0.463. The van der Waals surface area contributed by atoms with Crippen LogP contribution in [0.15, 0.2) is 76.0 Å². The van der Waals surface area contributed by atoms with Crippen molar-refractivity contribution in [1.82, 2.24) is 10.1 Å². The summed E-state index contributed by atoms with van der Waals surface area (Å²) in [6, 6.07) is 9.68. The van der Waals surface area contributed by atoms with E-state index in [1.165, 1.54) is 36.4 Å². The SMILES string of the molecule is Cc1noc(C2=CC=C(C3=CC=C(N4CCC(C)C4)CC3)CC2)c1NC(=O)OC(C)c1ccccc1. The van der Waals surface area contributed by atoms with Crippen LogP contribution in [-0.4, -0.2) is 29.2 Å². The van der Waals surface area contributed by atoms with Crippen LogP contribution in [0.3, 0.4) is 0 Å². The molecule has 1 saturated heterocycles. The van der Waals surface area contributed by atoms with Crippen LogP contribution in [0.5, 0.6) is 0 Å². The van der Waals surface area contributed by atoms with Crippen molar-refractivity contribution in [3.05, 3.63) is 88.5 Å². The van der Waals surface area contributed by atoms with Crippen molar-refractivity contribution in [2.45, 2.75) is 59.0 Å². The topological polar surface area (TPSA) is 67.6 Å². The van der Waals surface area contributed by atoms with Crippen LogP contribution in [0.1, 0.15) is 69.1 Å². The molecule has 0 saturated carbocycles. The summed E-state index contributed by atoms with van der Waals surface area (Å²) in [5.74, 6) is 1.41. The fourth-order valence-corrected chi connectivity index (χ4v) is 5.27. The number of amides is 1. The highest BCUT2D eigenvalue weighted by Gasteiger charge is 2.25. The molecule has 188 valence electrons. The number of carbonyl (C=O) groups excluding carboxylic acids is 1. The number of benzene rings is 1. The first-order valence-electron chi connectivity index (χ1n) is 13.0. The molecule has 2 aromatic rings. The average Bonchev–Trinajstić information content (AvgIpc) is 3.50. The number of hydrogen-bond acceptors (Lipinski definition) is 5. The number of likely N-dealkylation sites (tertiary alicyclic amines) is 1. The third kappa shape index (κ3) is 5.32. The minimum absolute atomic E-state index is 0.360. The van der Waals surface area contributed by atoms with Gasteiger partial charge in [0.15, 0.2) is 5.76 Å². The molecule has 0 radical (unpaired) electrons. The number of ether oxygens (including phenoxy) is 1. The number of anilines is 1. The Bertz CT molecular complexity index is 1240. The van der Waals surface area contributed by atoms with Gasteiger partial charge < -0.3 is 14.2 Å². The second-order valence-corrected chi connectivity index (χ2v) is 10.1. The molecule has 6 nitrogen and oxygen atoms in total. The lowest BCUT2D eigenvalue weighted by molar-refractivity contribution is 0.121. The van der Waals surface area contributed by atoms with Crippen LogP contribution in [0.2, 0.25) is 0 Å². The van der Waals surface area contributed by atoms with E-state index in [1.807, 2.05) is 44.2 Å². The molecular formula is C30H35N3O3. The van der Waals surface area contributed by atoms with Crippen molar-refractivity contribution in [2.75, 3.05) is 18.4 Å². The summed E-state index contributed by atoms with van der Waals surface area (Å²) in [4.78, 5) is 15.2. The highest BCUT2D eigenvalue weighted by molar-refractivity contribution is 5.90. The molecule has 6 heteroatoms. The third-order valence-corrected chi connectivity index (χ3v) is 7.45. The van der Waals surface area contributed by atoms with E-state index in [0.717, 1.165) is 42.7 Å². The molecule has 3 aliphatic rings. The van der Waals surface area contributed by atoms with Gasteiger partial charge in [-0.3, -0.25) is 5.32 Å². The molecule has 1 amide bonds. The average molecular weight is 486 g/mol. The van der Waals surface area contributed by atoms with Gasteiger partial charge in [0, 0.05) is 24.4 Å². The predicted octanol–water partition coefficient (Wildman–Crippen LogP) is 7.34. The van der Waals surface area contributed by atoms with Crippen LogP contribution < -0.4 is 5.32 Å². The molecule has 5 rings (SSSR count). The largest absolute Gasteiger partial charge is 0.441 e. The normalized spacial score (nSPS) is 20.8. The van der Waals surface area contributed by atoms with E-state index in [9.17, 15) is 4.79 Å². The van der Waals surface area contributed by atoms with Gasteiger partial charge in [0.25, 0.3) is 0 Å². The molecular weight excluding hydrogens is 450 g/mol. The molecule has 2 atom stereocenters. The lowest BCUT2D eigenvalue weighted by Crippen LogP contribution is -2.21. The Hall–Kier alpha value is -3.54. The number of allylic oxidation sites excluding steroid dienone is 8. The minimum atomic E-state index is -0.520. The molecule has 0 bridgehead atoms. The molecule has 1 N–H and O–H groups in total. The molecule has 1 aromatic carbocycles. The molecule has 2 aliphatic carbocycles. The maximum Gasteiger partial charge on any atom is 0.412 e. The molecule has 36 heavy (non-hydrogen) atoms. The van der Waals surface area contributed by atoms with E-state index < -0.39 is 6.09 Å². The van der Waals surface area contributed by atoms with Crippen LogP contribution in [0, 0.1) is 12.8 Å². The highest BCUT2D eigenvalue weighted by atomic mass is 16.6. The summed E-state index contributed by atoms with van der Waals surface area (Å²) in [7, 11) is 0. The van der Waals surface area contributed by atoms with Gasteiger partial charge in [-0.15, -0.1) is 0 Å². The van der Waals surface area contributed by atoms with Gasteiger partial charge in [-0.25, -0.2) is 4.79 Å². The predicted molar refractivity (Wildman–Crippen MR) is 142 cm³/mol. The van der Waals surface area contributed by atoms with E-state index in [1.54, 1.807) is 0 Å². The standard InChI is InChI=1S/C30H35N3O3/c1-20-17-18-33(19-20)27-15-13-25(14-16-27)24-9-11-26(12-10-24)29-28(21(2)32-36-29)31-30(34)35-22(3)23-7-5-4-6-8-23/h4-9,11,13,15,20,22H,10,12,14,16-19H2,1-3H3,(H,31,34). The maximum atomic E-state index is 12.6. The number of rotatable bonds is 6. The zero-order chi connectivity index (χ0) is 25.1. The first kappa shape index (κ1) is 24.2. The second kappa shape index (κ2) is 10.6. The van der Waals surface area contributed by atoms with Crippen molar-refractivity contribution >= 4 is 17.4 Å². The Kier molecular flexibility index (Phi) is 7.12. The molecule has 0 spiro atoms. The minimum Gasteiger partial charge on any atom is -0.441 e. The van der Waals surface area contributed by atoms with Crippen LogP contribution >= 0.6 is 0 Å². The van der Waals surface area contributed by atoms with Gasteiger partial charge in [0.1, 0.15) is 17.5 Å². The number of nitrogens with one attached hydrogen (secondary N) is 1. The maximum absolute atomic E-state index is 12.6. The Morgan fingerprint density at radius 2 is 1.75 bits per heavy atom. The monoisotopic (exact) mass is 485 g/mol. The lowest BCUT2D eigenvalue weighted by Gasteiger charge is -2.26. The van der Waals surface area contributed by atoms with Crippen molar-refractivity contribution < 1.29 is 14.1 Å². The van der Waals surface area contributed by atoms with Crippen molar-refractivity contribution in [3.63, 3.8) is 0 Å². The summed E-state index contributed by atoms with van der Waals surface area (Å²) >= 11 is 0. The second-order valence-electron chi connectivity index (χ2n) is 10.1. The molecule has 2 heterocycles. The van der Waals surface area contributed by atoms with Crippen molar-refractivity contribution in [2.24, 2.45) is 5.92 Å². The summed E-state index contributed by atoms with van der Waals surface area (Å²) in [5, 5.41) is 6.98. The van der Waals surface area contributed by atoms with Crippen molar-refractivity contribution in [1.29, 1.82) is 0 Å². The number of nitrogens with zero attached hydrogens (tertiary/aromatic N) is 2. The summed E-state index contributed by atoms with van der Waals surface area (Å²) in [5.41, 5.74) is 7.47. The first-order chi connectivity index (χ1) is 17.5. The zero-order valence-electron chi connectivity index (χ0n) is 21.4. The van der Waals surface area contributed by atoms with Gasteiger partial charge in [-0.05, 0) is 74.7 Å². The zero-order valence-corrected chi connectivity index (χ0v) is 21.4. The lowest BCUT2D eigenvalue weighted by atomic mass is 9.87. The smallest absolute Gasteiger partial charge is 0.412 e. The highest BCUT2D eigenvalue weighted by Crippen LogP contribution is 2.37. The summed E-state index contributed by atoms with van der Waals surface area (Å²) in [6.07, 6.45) is 13.3. The van der Waals surface area contributed by atoms with Gasteiger partial charge in [-0.2, -0.15) is 0 Å². The molecule has 1 fully saturated rings. The van der Waals surface area contributed by atoms with Gasteiger partial charge in [-0.1, -0.05) is 60.6 Å². The first-order valence-corrected chi connectivity index (χ1v) is 13.0.